The highest BCUT2D eigenvalue weighted by atomic mass is 19.1. The quantitative estimate of drug-likeness (QED) is 0.767. The summed E-state index contributed by atoms with van der Waals surface area (Å²) in [5.74, 6) is 0.489. The Morgan fingerprint density at radius 3 is 2.77 bits per heavy atom. The van der Waals surface area contributed by atoms with Crippen LogP contribution >= 0.6 is 0 Å². The summed E-state index contributed by atoms with van der Waals surface area (Å²) in [5, 5.41) is 2.91. The molecule has 1 aliphatic rings. The van der Waals surface area contributed by atoms with E-state index < -0.39 is 0 Å². The number of benzene rings is 2. The Morgan fingerprint density at radius 2 is 1.92 bits per heavy atom. The number of aromatic nitrogens is 2. The summed E-state index contributed by atoms with van der Waals surface area (Å²) in [7, 11) is 0. The first-order valence-corrected chi connectivity index (χ1v) is 8.89. The largest absolute Gasteiger partial charge is 0.334 e. The third kappa shape index (κ3) is 3.38. The number of imidazole rings is 1. The second kappa shape index (κ2) is 7.12. The number of para-hydroxylation sites is 1. The molecule has 0 saturated carbocycles. The summed E-state index contributed by atoms with van der Waals surface area (Å²) < 4.78 is 16.0. The Labute approximate surface area is 151 Å². The molecule has 1 aromatic heterocycles. The molecular formula is C21H20FN3O. The third-order valence-electron chi connectivity index (χ3n) is 4.69. The standard InChI is InChI=1S/C21H20FN3O/c22-17-9-3-1-7-15(17)13-21(26)24-18-10-4-2-8-16(18)19-14-25-12-6-5-11-20(25)23-19/h1-4,7-10,14H,5-6,11-13H2,(H,24,26). The summed E-state index contributed by atoms with van der Waals surface area (Å²) in [6.07, 6.45) is 5.38. The molecule has 4 rings (SSSR count). The summed E-state index contributed by atoms with van der Waals surface area (Å²) in [4.78, 5) is 17.1. The van der Waals surface area contributed by atoms with Crippen molar-refractivity contribution in [3.63, 3.8) is 0 Å². The molecule has 3 aromatic rings. The number of hydrogen-bond donors (Lipinski definition) is 1. The van der Waals surface area contributed by atoms with Gasteiger partial charge in [0.15, 0.2) is 0 Å². The molecule has 132 valence electrons. The molecular weight excluding hydrogens is 329 g/mol. The molecule has 1 aliphatic heterocycles. The van der Waals surface area contributed by atoms with Gasteiger partial charge in [0.2, 0.25) is 5.91 Å². The first kappa shape index (κ1) is 16.5. The van der Waals surface area contributed by atoms with E-state index in [-0.39, 0.29) is 18.1 Å². The number of carbonyl (C=O) groups is 1. The van der Waals surface area contributed by atoms with E-state index in [0.717, 1.165) is 36.5 Å². The van der Waals surface area contributed by atoms with Gasteiger partial charge >= 0.3 is 0 Å². The van der Waals surface area contributed by atoms with Gasteiger partial charge in [-0.15, -0.1) is 0 Å². The maximum Gasteiger partial charge on any atom is 0.228 e. The molecule has 0 saturated heterocycles. The van der Waals surface area contributed by atoms with Crippen LogP contribution in [0.1, 0.15) is 24.2 Å². The average Bonchev–Trinajstić information content (AvgIpc) is 3.08. The minimum atomic E-state index is -0.363. The molecule has 0 atom stereocenters. The molecule has 2 heterocycles. The Kier molecular flexibility index (Phi) is 4.52. The normalized spacial score (nSPS) is 13.3. The summed E-state index contributed by atoms with van der Waals surface area (Å²) in [5.41, 5.74) is 2.84. The number of carbonyl (C=O) groups excluding carboxylic acids is 1. The average molecular weight is 349 g/mol. The number of anilines is 1. The predicted molar refractivity (Wildman–Crippen MR) is 99.3 cm³/mol. The molecule has 0 aliphatic carbocycles. The van der Waals surface area contributed by atoms with E-state index in [0.29, 0.717) is 11.3 Å². The number of amides is 1. The van der Waals surface area contributed by atoms with E-state index in [1.54, 1.807) is 18.2 Å². The lowest BCUT2D eigenvalue weighted by atomic mass is 10.1. The maximum absolute atomic E-state index is 13.8. The monoisotopic (exact) mass is 349 g/mol. The number of hydrogen-bond acceptors (Lipinski definition) is 2. The Hall–Kier alpha value is -2.95. The van der Waals surface area contributed by atoms with Gasteiger partial charge in [-0.1, -0.05) is 36.4 Å². The van der Waals surface area contributed by atoms with E-state index in [4.69, 9.17) is 4.98 Å². The van der Waals surface area contributed by atoms with Crippen molar-refractivity contribution < 1.29 is 9.18 Å². The minimum Gasteiger partial charge on any atom is -0.334 e. The molecule has 4 nitrogen and oxygen atoms in total. The highest BCUT2D eigenvalue weighted by Crippen LogP contribution is 2.29. The topological polar surface area (TPSA) is 46.9 Å². The predicted octanol–water partition coefficient (Wildman–Crippen LogP) is 4.21. The zero-order valence-corrected chi connectivity index (χ0v) is 14.4. The van der Waals surface area contributed by atoms with Gasteiger partial charge < -0.3 is 9.88 Å². The van der Waals surface area contributed by atoms with Crippen molar-refractivity contribution in [2.45, 2.75) is 32.2 Å². The summed E-state index contributed by atoms with van der Waals surface area (Å²) >= 11 is 0. The molecule has 0 fully saturated rings. The molecule has 5 heteroatoms. The lowest BCUT2D eigenvalue weighted by molar-refractivity contribution is -0.115. The number of aryl methyl sites for hydroxylation is 2. The van der Waals surface area contributed by atoms with Crippen LogP contribution in [0.4, 0.5) is 10.1 Å². The Bertz CT molecular complexity index is 924. The Morgan fingerprint density at radius 1 is 1.12 bits per heavy atom. The van der Waals surface area contributed by atoms with E-state index in [9.17, 15) is 9.18 Å². The first-order chi connectivity index (χ1) is 12.7. The van der Waals surface area contributed by atoms with Gasteiger partial charge in [0.05, 0.1) is 17.8 Å². The van der Waals surface area contributed by atoms with Crippen LogP contribution in [0.3, 0.4) is 0 Å². The highest BCUT2D eigenvalue weighted by Gasteiger charge is 2.16. The van der Waals surface area contributed by atoms with E-state index >= 15 is 0 Å². The van der Waals surface area contributed by atoms with Crippen LogP contribution < -0.4 is 5.32 Å². The molecule has 0 radical (unpaired) electrons. The van der Waals surface area contributed by atoms with Crippen LogP contribution in [0.2, 0.25) is 0 Å². The van der Waals surface area contributed by atoms with Gasteiger partial charge in [0.1, 0.15) is 11.6 Å². The fourth-order valence-corrected chi connectivity index (χ4v) is 3.37. The van der Waals surface area contributed by atoms with Gasteiger partial charge in [-0.2, -0.15) is 0 Å². The van der Waals surface area contributed by atoms with E-state index in [2.05, 4.69) is 16.1 Å². The third-order valence-corrected chi connectivity index (χ3v) is 4.69. The van der Waals surface area contributed by atoms with E-state index in [1.807, 2.05) is 24.3 Å². The zero-order valence-electron chi connectivity index (χ0n) is 14.4. The second-order valence-corrected chi connectivity index (χ2v) is 6.55. The van der Waals surface area contributed by atoms with Crippen LogP contribution in [0.5, 0.6) is 0 Å². The number of nitrogens with one attached hydrogen (secondary N) is 1. The fourth-order valence-electron chi connectivity index (χ4n) is 3.37. The van der Waals surface area contributed by atoms with Gasteiger partial charge in [-0.25, -0.2) is 9.37 Å². The highest BCUT2D eigenvalue weighted by molar-refractivity contribution is 5.96. The molecule has 0 spiro atoms. The van der Waals surface area contributed by atoms with Crippen LogP contribution in [0, 0.1) is 5.82 Å². The van der Waals surface area contributed by atoms with Gasteiger partial charge in [-0.3, -0.25) is 4.79 Å². The number of halogens is 1. The van der Waals surface area contributed by atoms with Gasteiger partial charge in [0, 0.05) is 24.7 Å². The minimum absolute atomic E-state index is 0.000693. The van der Waals surface area contributed by atoms with Crippen LogP contribution in [-0.2, 0) is 24.2 Å². The second-order valence-electron chi connectivity index (χ2n) is 6.55. The molecule has 0 bridgehead atoms. The SMILES string of the molecule is O=C(Cc1ccccc1F)Nc1ccccc1-c1cn2c(n1)CCCC2. The smallest absolute Gasteiger partial charge is 0.228 e. The first-order valence-electron chi connectivity index (χ1n) is 8.89. The van der Waals surface area contributed by atoms with Crippen molar-refractivity contribution in [3.05, 3.63) is 71.9 Å². The van der Waals surface area contributed by atoms with E-state index in [1.165, 1.54) is 12.5 Å². The van der Waals surface area contributed by atoms with Crippen molar-refractivity contribution in [2.24, 2.45) is 0 Å². The van der Waals surface area contributed by atoms with Crippen LogP contribution in [0.25, 0.3) is 11.3 Å². The molecule has 1 amide bonds. The van der Waals surface area contributed by atoms with Crippen molar-refractivity contribution in [1.29, 1.82) is 0 Å². The lowest BCUT2D eigenvalue weighted by Gasteiger charge is -2.11. The Balaban J connectivity index is 1.57. The fraction of sp³-hybridized carbons (Fsp3) is 0.238. The van der Waals surface area contributed by atoms with Crippen molar-refractivity contribution in [3.8, 4) is 11.3 Å². The molecule has 26 heavy (non-hydrogen) atoms. The van der Waals surface area contributed by atoms with Gasteiger partial charge in [-0.05, 0) is 30.5 Å². The molecule has 2 aromatic carbocycles. The van der Waals surface area contributed by atoms with Crippen molar-refractivity contribution in [1.82, 2.24) is 9.55 Å². The van der Waals surface area contributed by atoms with Gasteiger partial charge in [0.25, 0.3) is 0 Å². The van der Waals surface area contributed by atoms with Crippen molar-refractivity contribution >= 4 is 11.6 Å². The summed E-state index contributed by atoms with van der Waals surface area (Å²) in [6.45, 7) is 0.990. The van der Waals surface area contributed by atoms with Crippen LogP contribution in [0.15, 0.2) is 54.7 Å². The number of fused-ring (bicyclic) bond motifs is 1. The molecule has 1 N–H and O–H groups in total. The molecule has 0 unspecified atom stereocenters. The number of nitrogens with zero attached hydrogens (tertiary/aromatic N) is 2. The lowest BCUT2D eigenvalue weighted by Crippen LogP contribution is -2.15. The maximum atomic E-state index is 13.8. The summed E-state index contributed by atoms with van der Waals surface area (Å²) in [6, 6.07) is 14.0. The van der Waals surface area contributed by atoms with Crippen molar-refractivity contribution in [2.75, 3.05) is 5.32 Å². The number of rotatable bonds is 4. The zero-order chi connectivity index (χ0) is 17.9. The van der Waals surface area contributed by atoms with Crippen LogP contribution in [-0.4, -0.2) is 15.5 Å².